The molecule has 1 aromatic heterocycles. The number of aromatic nitrogens is 2. The number of benzene rings is 1. The van der Waals surface area contributed by atoms with Crippen molar-refractivity contribution in [2.24, 2.45) is 7.05 Å². The summed E-state index contributed by atoms with van der Waals surface area (Å²) in [6.07, 6.45) is 0.944. The first-order valence-corrected chi connectivity index (χ1v) is 7.27. The van der Waals surface area contributed by atoms with Crippen LogP contribution in [0.15, 0.2) is 28.7 Å². The molecule has 19 heavy (non-hydrogen) atoms. The van der Waals surface area contributed by atoms with Crippen molar-refractivity contribution >= 4 is 15.9 Å². The summed E-state index contributed by atoms with van der Waals surface area (Å²) in [5, 5.41) is 14.8. The first-order chi connectivity index (χ1) is 9.02. The van der Waals surface area contributed by atoms with E-state index in [-0.39, 0.29) is 0 Å². The molecule has 102 valence electrons. The molecule has 2 rings (SSSR count). The minimum atomic E-state index is -0.503. The Morgan fingerprint density at radius 1 is 1.42 bits per heavy atom. The van der Waals surface area contributed by atoms with Crippen LogP contribution >= 0.6 is 15.9 Å². The Balaban J connectivity index is 2.24. The summed E-state index contributed by atoms with van der Waals surface area (Å²) in [4.78, 5) is 0. The highest BCUT2D eigenvalue weighted by atomic mass is 79.9. The number of hydrogen-bond acceptors (Lipinski definition) is 2. The number of rotatable bonds is 4. The van der Waals surface area contributed by atoms with E-state index >= 15 is 0 Å². The van der Waals surface area contributed by atoms with Crippen LogP contribution in [0, 0.1) is 6.92 Å². The molecule has 4 heteroatoms. The maximum absolute atomic E-state index is 10.4. The first kappa shape index (κ1) is 14.3. The van der Waals surface area contributed by atoms with Gasteiger partial charge in [0.15, 0.2) is 0 Å². The molecule has 0 radical (unpaired) electrons. The van der Waals surface area contributed by atoms with Gasteiger partial charge in [-0.2, -0.15) is 5.10 Å². The lowest BCUT2D eigenvalue weighted by Gasteiger charge is -2.12. The summed E-state index contributed by atoms with van der Waals surface area (Å²) in [5.41, 5.74) is 4.18. The Bertz CT molecular complexity index is 578. The smallest absolute Gasteiger partial charge is 0.0845 e. The zero-order valence-corrected chi connectivity index (χ0v) is 13.1. The summed E-state index contributed by atoms with van der Waals surface area (Å²) in [7, 11) is 1.92. The molecule has 0 aliphatic carbocycles. The molecule has 1 N–H and O–H groups in total. The van der Waals surface area contributed by atoms with E-state index in [0.29, 0.717) is 6.42 Å². The largest absolute Gasteiger partial charge is 0.388 e. The fraction of sp³-hybridized carbons (Fsp3) is 0.400. The number of nitrogens with zero attached hydrogens (tertiary/aromatic N) is 2. The molecule has 0 saturated heterocycles. The van der Waals surface area contributed by atoms with Crippen molar-refractivity contribution in [3.05, 3.63) is 51.3 Å². The summed E-state index contributed by atoms with van der Waals surface area (Å²) in [5.74, 6) is 0. The lowest BCUT2D eigenvalue weighted by atomic mass is 10.0. The van der Waals surface area contributed by atoms with Crippen molar-refractivity contribution in [2.75, 3.05) is 0 Å². The van der Waals surface area contributed by atoms with Gasteiger partial charge in [0, 0.05) is 13.5 Å². The van der Waals surface area contributed by atoms with Gasteiger partial charge < -0.3 is 5.11 Å². The Labute approximate surface area is 122 Å². The van der Waals surface area contributed by atoms with Crippen molar-refractivity contribution in [2.45, 2.75) is 32.8 Å². The third-order valence-electron chi connectivity index (χ3n) is 3.32. The average Bonchev–Trinajstić information content (AvgIpc) is 2.66. The van der Waals surface area contributed by atoms with E-state index in [1.165, 1.54) is 0 Å². The minimum absolute atomic E-state index is 0.503. The van der Waals surface area contributed by atoms with Crippen LogP contribution in [0.2, 0.25) is 0 Å². The Kier molecular flexibility index (Phi) is 4.42. The van der Waals surface area contributed by atoms with Gasteiger partial charge in [0.1, 0.15) is 0 Å². The maximum atomic E-state index is 10.4. The van der Waals surface area contributed by atoms with Gasteiger partial charge in [-0.25, -0.2) is 0 Å². The van der Waals surface area contributed by atoms with Crippen LogP contribution in [-0.4, -0.2) is 14.9 Å². The maximum Gasteiger partial charge on any atom is 0.0845 e. The van der Waals surface area contributed by atoms with E-state index in [1.807, 2.05) is 42.9 Å². The van der Waals surface area contributed by atoms with Gasteiger partial charge >= 0.3 is 0 Å². The molecule has 1 atom stereocenters. The number of aliphatic hydroxyl groups excluding tert-OH is 1. The molecule has 0 fully saturated rings. The normalized spacial score (nSPS) is 12.7. The second-order valence-corrected chi connectivity index (χ2v) is 5.61. The summed E-state index contributed by atoms with van der Waals surface area (Å²) >= 11 is 3.58. The molecule has 0 spiro atoms. The third-order valence-corrected chi connectivity index (χ3v) is 4.23. The predicted molar refractivity (Wildman–Crippen MR) is 80.1 cm³/mol. The second kappa shape index (κ2) is 5.88. The van der Waals surface area contributed by atoms with Gasteiger partial charge in [-0.05, 0) is 34.8 Å². The quantitative estimate of drug-likeness (QED) is 0.937. The Morgan fingerprint density at radius 2 is 2.16 bits per heavy atom. The van der Waals surface area contributed by atoms with Gasteiger partial charge in [0.25, 0.3) is 0 Å². The van der Waals surface area contributed by atoms with Crippen LogP contribution in [0.4, 0.5) is 0 Å². The standard InChI is InChI=1S/C15H19BrN2O/c1-4-12-15(16)13(18(3)17-12)9-14(19)11-7-5-6-10(2)8-11/h5-8,14,19H,4,9H2,1-3H3. The number of aryl methyl sites for hydroxylation is 3. The highest BCUT2D eigenvalue weighted by molar-refractivity contribution is 9.10. The predicted octanol–water partition coefficient (Wildman–Crippen LogP) is 3.33. The van der Waals surface area contributed by atoms with Gasteiger partial charge in [-0.3, -0.25) is 4.68 Å². The van der Waals surface area contributed by atoms with Gasteiger partial charge in [0.2, 0.25) is 0 Å². The highest BCUT2D eigenvalue weighted by Gasteiger charge is 2.17. The fourth-order valence-corrected chi connectivity index (χ4v) is 3.00. The zero-order chi connectivity index (χ0) is 14.0. The van der Waals surface area contributed by atoms with Crippen molar-refractivity contribution in [3.63, 3.8) is 0 Å². The monoisotopic (exact) mass is 322 g/mol. The van der Waals surface area contributed by atoms with E-state index in [2.05, 4.69) is 28.0 Å². The highest BCUT2D eigenvalue weighted by Crippen LogP contribution is 2.26. The van der Waals surface area contributed by atoms with Crippen LogP contribution in [0.1, 0.15) is 35.5 Å². The van der Waals surface area contributed by atoms with E-state index in [0.717, 1.165) is 33.4 Å². The Morgan fingerprint density at radius 3 is 2.74 bits per heavy atom. The van der Waals surface area contributed by atoms with E-state index in [9.17, 15) is 5.11 Å². The summed E-state index contributed by atoms with van der Waals surface area (Å²) < 4.78 is 2.87. The molecule has 0 bridgehead atoms. The molecule has 0 aliphatic heterocycles. The van der Waals surface area contributed by atoms with Crippen LogP contribution in [0.3, 0.4) is 0 Å². The lowest BCUT2D eigenvalue weighted by molar-refractivity contribution is 0.175. The molecule has 2 aromatic rings. The van der Waals surface area contributed by atoms with Gasteiger partial charge in [-0.1, -0.05) is 36.8 Å². The van der Waals surface area contributed by atoms with Crippen molar-refractivity contribution in [1.82, 2.24) is 9.78 Å². The Hall–Kier alpha value is -1.13. The first-order valence-electron chi connectivity index (χ1n) is 6.47. The fourth-order valence-electron chi connectivity index (χ4n) is 2.22. The average molecular weight is 323 g/mol. The van der Waals surface area contributed by atoms with Crippen LogP contribution in [0.5, 0.6) is 0 Å². The van der Waals surface area contributed by atoms with Crippen LogP contribution in [-0.2, 0) is 19.9 Å². The van der Waals surface area contributed by atoms with Crippen LogP contribution < -0.4 is 0 Å². The molecular formula is C15H19BrN2O. The van der Waals surface area contributed by atoms with Crippen molar-refractivity contribution in [1.29, 1.82) is 0 Å². The van der Waals surface area contributed by atoms with Gasteiger partial charge in [-0.15, -0.1) is 0 Å². The zero-order valence-electron chi connectivity index (χ0n) is 11.5. The lowest BCUT2D eigenvalue weighted by Crippen LogP contribution is -2.07. The molecule has 0 aliphatic rings. The molecule has 0 saturated carbocycles. The minimum Gasteiger partial charge on any atom is -0.388 e. The van der Waals surface area contributed by atoms with E-state index in [1.54, 1.807) is 0 Å². The molecule has 1 aromatic carbocycles. The second-order valence-electron chi connectivity index (χ2n) is 4.82. The molecule has 1 unspecified atom stereocenters. The number of hydrogen-bond donors (Lipinski definition) is 1. The van der Waals surface area contributed by atoms with Gasteiger partial charge in [0.05, 0.1) is 22.0 Å². The third kappa shape index (κ3) is 3.07. The molecule has 0 amide bonds. The van der Waals surface area contributed by atoms with E-state index < -0.39 is 6.10 Å². The molecule has 3 nitrogen and oxygen atoms in total. The SMILES string of the molecule is CCc1nn(C)c(CC(O)c2cccc(C)c2)c1Br. The molecule has 1 heterocycles. The number of aliphatic hydroxyl groups is 1. The van der Waals surface area contributed by atoms with Crippen LogP contribution in [0.25, 0.3) is 0 Å². The van der Waals surface area contributed by atoms with E-state index in [4.69, 9.17) is 0 Å². The van der Waals surface area contributed by atoms with Crippen molar-refractivity contribution in [3.8, 4) is 0 Å². The topological polar surface area (TPSA) is 38.0 Å². The number of halogens is 1. The van der Waals surface area contributed by atoms with Crippen molar-refractivity contribution < 1.29 is 5.11 Å². The molecular weight excluding hydrogens is 304 g/mol. The summed E-state index contributed by atoms with van der Waals surface area (Å²) in [6, 6.07) is 7.99. The summed E-state index contributed by atoms with van der Waals surface area (Å²) in [6.45, 7) is 4.11.